The number of rotatable bonds is 8. The van der Waals surface area contributed by atoms with Crippen LogP contribution in [0.3, 0.4) is 0 Å². The Balaban J connectivity index is 1.05. The third kappa shape index (κ3) is 6.15. The molecule has 156 valence electrons. The predicted molar refractivity (Wildman–Crippen MR) is 121 cm³/mol. The highest BCUT2D eigenvalue weighted by Gasteiger charge is 2.21. The van der Waals surface area contributed by atoms with E-state index < -0.39 is 0 Å². The van der Waals surface area contributed by atoms with Crippen LogP contribution in [0, 0.1) is 0 Å². The summed E-state index contributed by atoms with van der Waals surface area (Å²) < 4.78 is 5.98. The lowest BCUT2D eigenvalue weighted by Crippen LogP contribution is -2.37. The first-order valence-corrected chi connectivity index (χ1v) is 11.5. The highest BCUT2D eigenvalue weighted by atomic mass is 16.5. The third-order valence-corrected chi connectivity index (χ3v) is 6.82. The van der Waals surface area contributed by atoms with E-state index in [1.165, 1.54) is 63.0 Å². The van der Waals surface area contributed by atoms with Gasteiger partial charge in [-0.25, -0.2) is 0 Å². The van der Waals surface area contributed by atoms with Gasteiger partial charge in [0, 0.05) is 13.1 Å². The van der Waals surface area contributed by atoms with Crippen LogP contribution in [0.5, 0.6) is 0 Å². The Morgan fingerprint density at radius 2 is 0.966 bits per heavy atom. The summed E-state index contributed by atoms with van der Waals surface area (Å²) in [5, 5.41) is 0. The van der Waals surface area contributed by atoms with Crippen molar-refractivity contribution >= 4 is 0 Å². The van der Waals surface area contributed by atoms with E-state index in [9.17, 15) is 0 Å². The Morgan fingerprint density at radius 1 is 0.586 bits per heavy atom. The van der Waals surface area contributed by atoms with Crippen LogP contribution in [0.15, 0.2) is 60.7 Å². The predicted octanol–water partition coefficient (Wildman–Crippen LogP) is 4.76. The molecule has 2 aliphatic rings. The molecule has 4 rings (SSSR count). The first-order chi connectivity index (χ1) is 14.4. The molecule has 29 heavy (non-hydrogen) atoms. The standard InChI is InChI=1S/C26H36N2O/c1-3-7-23(8-4-1)25-11-15-27(16-12-25)19-21-29-22-20-28-17-13-26(14-18-28)24-9-5-2-6-10-24/h1-10,25-26H,11-22H2. The van der Waals surface area contributed by atoms with Crippen LogP contribution in [0.25, 0.3) is 0 Å². The molecule has 0 radical (unpaired) electrons. The zero-order chi connectivity index (χ0) is 19.7. The quantitative estimate of drug-likeness (QED) is 0.602. The second-order valence-corrected chi connectivity index (χ2v) is 8.67. The van der Waals surface area contributed by atoms with Gasteiger partial charge in [0.25, 0.3) is 0 Å². The fraction of sp³-hybridized carbons (Fsp3) is 0.538. The van der Waals surface area contributed by atoms with E-state index in [-0.39, 0.29) is 0 Å². The average Bonchev–Trinajstić information content (AvgIpc) is 2.81. The van der Waals surface area contributed by atoms with Crippen LogP contribution in [-0.2, 0) is 4.74 Å². The second-order valence-electron chi connectivity index (χ2n) is 8.67. The molecule has 3 nitrogen and oxygen atoms in total. The molecule has 2 aromatic carbocycles. The van der Waals surface area contributed by atoms with Crippen LogP contribution >= 0.6 is 0 Å². The molecule has 0 amide bonds. The van der Waals surface area contributed by atoms with Gasteiger partial charge >= 0.3 is 0 Å². The largest absolute Gasteiger partial charge is 0.379 e. The molecular weight excluding hydrogens is 356 g/mol. The zero-order valence-electron chi connectivity index (χ0n) is 17.7. The van der Waals surface area contributed by atoms with Crippen LogP contribution in [-0.4, -0.2) is 62.3 Å². The van der Waals surface area contributed by atoms with Crippen molar-refractivity contribution in [3.05, 3.63) is 71.8 Å². The van der Waals surface area contributed by atoms with Crippen molar-refractivity contribution in [3.63, 3.8) is 0 Å². The Bertz CT molecular complexity index is 628. The van der Waals surface area contributed by atoms with Crippen molar-refractivity contribution in [1.82, 2.24) is 9.80 Å². The first kappa shape index (κ1) is 20.6. The first-order valence-electron chi connectivity index (χ1n) is 11.5. The maximum absolute atomic E-state index is 5.98. The Morgan fingerprint density at radius 3 is 1.34 bits per heavy atom. The molecule has 2 saturated heterocycles. The molecule has 0 atom stereocenters. The smallest absolute Gasteiger partial charge is 0.0594 e. The van der Waals surface area contributed by atoms with Gasteiger partial charge in [-0.3, -0.25) is 0 Å². The van der Waals surface area contributed by atoms with Crippen molar-refractivity contribution in [3.8, 4) is 0 Å². The van der Waals surface area contributed by atoms with E-state index in [2.05, 4.69) is 70.5 Å². The average molecular weight is 393 g/mol. The van der Waals surface area contributed by atoms with Gasteiger partial charge < -0.3 is 14.5 Å². The van der Waals surface area contributed by atoms with Crippen LogP contribution < -0.4 is 0 Å². The van der Waals surface area contributed by atoms with E-state index >= 15 is 0 Å². The van der Waals surface area contributed by atoms with Crippen molar-refractivity contribution in [2.45, 2.75) is 37.5 Å². The third-order valence-electron chi connectivity index (χ3n) is 6.82. The number of piperidine rings is 2. The van der Waals surface area contributed by atoms with Crippen LogP contribution in [0.2, 0.25) is 0 Å². The minimum Gasteiger partial charge on any atom is -0.379 e. The highest BCUT2D eigenvalue weighted by Crippen LogP contribution is 2.28. The molecular formula is C26H36N2O. The number of hydrogen-bond acceptors (Lipinski definition) is 3. The second kappa shape index (κ2) is 10.9. The molecule has 0 bridgehead atoms. The molecule has 0 unspecified atom stereocenters. The van der Waals surface area contributed by atoms with Crippen molar-refractivity contribution in [2.24, 2.45) is 0 Å². The minimum atomic E-state index is 0.743. The van der Waals surface area contributed by atoms with Gasteiger partial charge in [0.15, 0.2) is 0 Å². The van der Waals surface area contributed by atoms with Crippen LogP contribution in [0.4, 0.5) is 0 Å². The van der Waals surface area contributed by atoms with Gasteiger partial charge in [0.1, 0.15) is 0 Å². The van der Waals surface area contributed by atoms with Crippen molar-refractivity contribution in [1.29, 1.82) is 0 Å². The fourth-order valence-electron chi connectivity index (χ4n) is 4.92. The number of likely N-dealkylation sites (tertiary alicyclic amines) is 2. The molecule has 2 aromatic rings. The molecule has 3 heteroatoms. The van der Waals surface area contributed by atoms with Gasteiger partial charge in [-0.05, 0) is 74.8 Å². The molecule has 0 spiro atoms. The number of hydrogen-bond donors (Lipinski definition) is 0. The highest BCUT2D eigenvalue weighted by molar-refractivity contribution is 5.20. The SMILES string of the molecule is c1ccc(C2CCN(CCOCCN3CCC(c4ccccc4)CC3)CC2)cc1. The minimum absolute atomic E-state index is 0.743. The summed E-state index contributed by atoms with van der Waals surface area (Å²) >= 11 is 0. The topological polar surface area (TPSA) is 15.7 Å². The van der Waals surface area contributed by atoms with E-state index in [1.807, 2.05) is 0 Å². The summed E-state index contributed by atoms with van der Waals surface area (Å²) in [6, 6.07) is 22.0. The summed E-state index contributed by atoms with van der Waals surface area (Å²) in [5.74, 6) is 1.49. The Hall–Kier alpha value is -1.68. The van der Waals surface area contributed by atoms with Gasteiger partial charge in [-0.1, -0.05) is 60.7 Å². The molecule has 2 heterocycles. The Labute approximate surface area is 176 Å². The van der Waals surface area contributed by atoms with E-state index in [0.29, 0.717) is 0 Å². The van der Waals surface area contributed by atoms with Gasteiger partial charge in [0.2, 0.25) is 0 Å². The zero-order valence-corrected chi connectivity index (χ0v) is 17.7. The number of benzene rings is 2. The lowest BCUT2D eigenvalue weighted by Gasteiger charge is -2.33. The lowest BCUT2D eigenvalue weighted by molar-refractivity contribution is 0.0707. The molecule has 0 aromatic heterocycles. The van der Waals surface area contributed by atoms with Crippen LogP contribution in [0.1, 0.15) is 48.6 Å². The summed E-state index contributed by atoms with van der Waals surface area (Å²) in [4.78, 5) is 5.15. The maximum Gasteiger partial charge on any atom is 0.0594 e. The van der Waals surface area contributed by atoms with Crippen molar-refractivity contribution < 1.29 is 4.74 Å². The molecule has 2 aliphatic heterocycles. The van der Waals surface area contributed by atoms with Gasteiger partial charge in [-0.2, -0.15) is 0 Å². The summed E-state index contributed by atoms with van der Waals surface area (Å²) in [7, 11) is 0. The summed E-state index contributed by atoms with van der Waals surface area (Å²) in [6.45, 7) is 8.72. The summed E-state index contributed by atoms with van der Waals surface area (Å²) in [6.07, 6.45) is 5.11. The van der Waals surface area contributed by atoms with E-state index in [4.69, 9.17) is 4.74 Å². The molecule has 0 saturated carbocycles. The number of nitrogens with zero attached hydrogens (tertiary/aromatic N) is 2. The van der Waals surface area contributed by atoms with E-state index in [1.54, 1.807) is 0 Å². The van der Waals surface area contributed by atoms with Gasteiger partial charge in [0.05, 0.1) is 13.2 Å². The van der Waals surface area contributed by atoms with E-state index in [0.717, 1.165) is 38.1 Å². The molecule has 0 aliphatic carbocycles. The summed E-state index contributed by atoms with van der Waals surface area (Å²) in [5.41, 5.74) is 3.03. The number of ether oxygens (including phenoxy) is 1. The monoisotopic (exact) mass is 392 g/mol. The fourth-order valence-corrected chi connectivity index (χ4v) is 4.92. The molecule has 2 fully saturated rings. The lowest BCUT2D eigenvalue weighted by atomic mass is 9.89. The van der Waals surface area contributed by atoms with Crippen molar-refractivity contribution in [2.75, 3.05) is 52.5 Å². The molecule has 0 N–H and O–H groups in total. The normalized spacial score (nSPS) is 20.1. The Kier molecular flexibility index (Phi) is 7.75. The maximum atomic E-state index is 5.98. The van der Waals surface area contributed by atoms with Gasteiger partial charge in [-0.15, -0.1) is 0 Å².